The number of nitrogens with zero attached hydrogens (tertiary/aromatic N) is 5. The topological polar surface area (TPSA) is 143 Å². The molecule has 4 aromatic rings. The van der Waals surface area contributed by atoms with Gasteiger partial charge in [-0.3, -0.25) is 4.79 Å². The van der Waals surface area contributed by atoms with Crippen LogP contribution < -0.4 is 15.0 Å². The van der Waals surface area contributed by atoms with Gasteiger partial charge >= 0.3 is 12.1 Å². The molecule has 0 radical (unpaired) electrons. The summed E-state index contributed by atoms with van der Waals surface area (Å²) < 4.78 is 53.1. The molecule has 11 nitrogen and oxygen atoms in total. The Balaban J connectivity index is 1.03. The fourth-order valence-electron chi connectivity index (χ4n) is 10.8. The van der Waals surface area contributed by atoms with E-state index in [1.54, 1.807) is 18.5 Å². The normalized spacial score (nSPS) is 29.4. The van der Waals surface area contributed by atoms with Crippen LogP contribution in [-0.4, -0.2) is 72.4 Å². The molecule has 3 aromatic heterocycles. The van der Waals surface area contributed by atoms with Crippen LogP contribution in [0.15, 0.2) is 55.0 Å². The zero-order valence-electron chi connectivity index (χ0n) is 30.4. The number of aliphatic carboxylic acids is 1. The number of hydrogen-bond donors (Lipinski definition) is 3. The number of hydrogen-bond acceptors (Lipinski definition) is 8. The van der Waals surface area contributed by atoms with Crippen molar-refractivity contribution in [1.82, 2.24) is 24.8 Å². The number of nitrogens with one attached hydrogen (secondary N) is 1. The zero-order valence-corrected chi connectivity index (χ0v) is 30.4. The van der Waals surface area contributed by atoms with E-state index in [1.165, 1.54) is 6.07 Å². The number of carbonyl (C=O) groups is 2. The second-order valence-electron chi connectivity index (χ2n) is 16.5. The maximum atomic E-state index is 14.9. The molecular formula is C41H45F3N6O5. The number of piperidine rings is 1. The molecule has 5 saturated carbocycles. The number of carboxylic acid groups (broad SMARTS) is 1. The van der Waals surface area contributed by atoms with Gasteiger partial charge in [0.1, 0.15) is 17.4 Å². The van der Waals surface area contributed by atoms with Crippen molar-refractivity contribution in [1.29, 1.82) is 0 Å². The van der Waals surface area contributed by atoms with Crippen molar-refractivity contribution in [3.63, 3.8) is 0 Å². The second-order valence-corrected chi connectivity index (χ2v) is 16.5. The summed E-state index contributed by atoms with van der Waals surface area (Å²) in [6.45, 7) is 1.48. The van der Waals surface area contributed by atoms with E-state index in [1.807, 2.05) is 24.4 Å². The van der Waals surface area contributed by atoms with Crippen molar-refractivity contribution in [3.8, 4) is 17.0 Å². The summed E-state index contributed by atoms with van der Waals surface area (Å²) >= 11 is 0. The van der Waals surface area contributed by atoms with Crippen molar-refractivity contribution in [3.05, 3.63) is 66.2 Å². The number of halogens is 3. The Hall–Kier alpha value is -4.72. The van der Waals surface area contributed by atoms with Gasteiger partial charge in [0, 0.05) is 67.6 Å². The monoisotopic (exact) mass is 758 g/mol. The number of ether oxygens (including phenoxy) is 1. The summed E-state index contributed by atoms with van der Waals surface area (Å²) in [5, 5.41) is 24.1. The number of aromatic nitrogens is 4. The quantitative estimate of drug-likeness (QED) is 0.172. The number of carboxylic acids is 1. The minimum atomic E-state index is -4.98. The first-order chi connectivity index (χ1) is 26.5. The largest absolute Gasteiger partial charge is 0.490 e. The van der Waals surface area contributed by atoms with Crippen molar-refractivity contribution in [2.75, 3.05) is 18.0 Å². The Morgan fingerprint density at radius 1 is 0.891 bits per heavy atom. The molecule has 55 heavy (non-hydrogen) atoms. The van der Waals surface area contributed by atoms with E-state index in [2.05, 4.69) is 29.7 Å². The van der Waals surface area contributed by atoms with Gasteiger partial charge in [-0.25, -0.2) is 19.7 Å². The summed E-state index contributed by atoms with van der Waals surface area (Å²) in [6, 6.07) is 9.95. The third kappa shape index (κ3) is 6.49. The van der Waals surface area contributed by atoms with Crippen LogP contribution in [-0.2, 0) is 11.0 Å². The van der Waals surface area contributed by atoms with E-state index in [0.717, 1.165) is 43.9 Å². The van der Waals surface area contributed by atoms with Gasteiger partial charge in [0.2, 0.25) is 5.95 Å². The highest BCUT2D eigenvalue weighted by molar-refractivity contribution is 6.00. The Kier molecular flexibility index (Phi) is 9.01. The second kappa shape index (κ2) is 13.8. The summed E-state index contributed by atoms with van der Waals surface area (Å²) in [6.07, 6.45) is 7.69. The lowest BCUT2D eigenvalue weighted by Gasteiger charge is -2.59. The molecule has 0 spiro atoms. The maximum Gasteiger partial charge on any atom is 0.434 e. The van der Waals surface area contributed by atoms with Crippen LogP contribution in [0.4, 0.5) is 19.1 Å². The van der Waals surface area contributed by atoms with Crippen LogP contribution in [0, 0.1) is 23.7 Å². The van der Waals surface area contributed by atoms with Gasteiger partial charge in [0.15, 0.2) is 5.69 Å². The van der Waals surface area contributed by atoms with Crippen LogP contribution in [0.25, 0.3) is 22.2 Å². The first kappa shape index (κ1) is 35.9. The van der Waals surface area contributed by atoms with Gasteiger partial charge in [0.25, 0.3) is 5.91 Å². The van der Waals surface area contributed by atoms with E-state index in [-0.39, 0.29) is 29.7 Å². The first-order valence-corrected chi connectivity index (χ1v) is 19.6. The van der Waals surface area contributed by atoms with E-state index in [0.29, 0.717) is 85.8 Å². The highest BCUT2D eigenvalue weighted by Gasteiger charge is 2.62. The molecule has 6 aliphatic rings. The fourth-order valence-corrected chi connectivity index (χ4v) is 10.8. The summed E-state index contributed by atoms with van der Waals surface area (Å²) in [4.78, 5) is 41.7. The van der Waals surface area contributed by atoms with Gasteiger partial charge in [-0.05, 0) is 112 Å². The molecule has 4 bridgehead atoms. The number of alkyl halides is 3. The number of rotatable bonds is 8. The van der Waals surface area contributed by atoms with Crippen molar-refractivity contribution >= 4 is 28.7 Å². The lowest BCUT2D eigenvalue weighted by Crippen LogP contribution is -2.70. The van der Waals surface area contributed by atoms with E-state index in [4.69, 9.17) is 4.74 Å². The SMILES string of the molecule is O=C(NC1(C(=O)O)C2CC3CC(C2)CC1C3)c1ccc(-c2cn(C3CCC(O)CC3)c3cc(OC4CCN(c5ncccn5)CC4)ccc23)nc1C(F)(F)F. The van der Waals surface area contributed by atoms with Crippen LogP contribution in [0.2, 0.25) is 0 Å². The molecule has 4 heterocycles. The molecule has 14 heteroatoms. The van der Waals surface area contributed by atoms with Crippen LogP contribution in [0.5, 0.6) is 5.75 Å². The van der Waals surface area contributed by atoms with Gasteiger partial charge in [-0.2, -0.15) is 13.2 Å². The fraction of sp³-hybridized carbons (Fsp3) is 0.537. The molecule has 1 aromatic carbocycles. The lowest BCUT2D eigenvalue weighted by atomic mass is 9.48. The van der Waals surface area contributed by atoms with Crippen molar-refractivity contribution in [2.24, 2.45) is 23.7 Å². The minimum Gasteiger partial charge on any atom is -0.490 e. The minimum absolute atomic E-state index is 0.00402. The molecule has 0 unspecified atom stereocenters. The highest BCUT2D eigenvalue weighted by atomic mass is 19.4. The molecule has 1 saturated heterocycles. The van der Waals surface area contributed by atoms with E-state index >= 15 is 0 Å². The Bertz CT molecular complexity index is 2060. The molecule has 290 valence electrons. The Morgan fingerprint density at radius 2 is 1.56 bits per heavy atom. The smallest absolute Gasteiger partial charge is 0.434 e. The average Bonchev–Trinajstić information content (AvgIpc) is 3.55. The van der Waals surface area contributed by atoms with Crippen LogP contribution in [0.3, 0.4) is 0 Å². The molecule has 3 N–H and O–H groups in total. The third-order valence-corrected chi connectivity index (χ3v) is 13.2. The van der Waals surface area contributed by atoms with Crippen molar-refractivity contribution < 1.29 is 37.7 Å². The zero-order chi connectivity index (χ0) is 38.1. The Labute approximate surface area is 316 Å². The average molecular weight is 759 g/mol. The first-order valence-electron chi connectivity index (χ1n) is 19.6. The number of aliphatic hydroxyl groups is 1. The van der Waals surface area contributed by atoms with Gasteiger partial charge in [-0.15, -0.1) is 0 Å². The molecule has 10 rings (SSSR count). The summed E-state index contributed by atoms with van der Waals surface area (Å²) in [7, 11) is 0. The lowest BCUT2D eigenvalue weighted by molar-refractivity contribution is -0.163. The summed E-state index contributed by atoms with van der Waals surface area (Å²) in [5.41, 5.74) is -2.32. The van der Waals surface area contributed by atoms with Gasteiger partial charge in [0.05, 0.1) is 22.9 Å². The molecule has 6 fully saturated rings. The third-order valence-electron chi connectivity index (χ3n) is 13.2. The highest BCUT2D eigenvalue weighted by Crippen LogP contribution is 2.58. The number of amides is 1. The van der Waals surface area contributed by atoms with E-state index < -0.39 is 41.0 Å². The maximum absolute atomic E-state index is 14.9. The van der Waals surface area contributed by atoms with Crippen LogP contribution >= 0.6 is 0 Å². The van der Waals surface area contributed by atoms with E-state index in [9.17, 15) is 33.0 Å². The van der Waals surface area contributed by atoms with Crippen molar-refractivity contribution in [2.45, 2.75) is 101 Å². The molecule has 5 aliphatic carbocycles. The molecule has 1 aliphatic heterocycles. The van der Waals surface area contributed by atoms with Gasteiger partial charge < -0.3 is 29.7 Å². The van der Waals surface area contributed by atoms with Gasteiger partial charge in [-0.1, -0.05) is 0 Å². The number of anilines is 1. The molecular weight excluding hydrogens is 713 g/mol. The number of carbonyl (C=O) groups excluding carboxylic acids is 1. The predicted molar refractivity (Wildman–Crippen MR) is 196 cm³/mol. The summed E-state index contributed by atoms with van der Waals surface area (Å²) in [5.74, 6) is -0.732. The molecule has 1 amide bonds. The standard InChI is InChI=1S/C41H45F3N6O5/c42-41(43,44)36-32(37(52)48-40(38(53)54)25-17-23-16-24(19-25)20-26(40)18-23)8-9-34(47-36)33-22-50(27-2-4-28(51)5-3-27)35-21-30(6-7-31(33)35)55-29-10-14-49(15-11-29)39-45-12-1-13-46-39/h1,6-9,12-13,21-29,51H,2-5,10-11,14-20H2,(H,48,52)(H,53,54). The number of aliphatic hydroxyl groups excluding tert-OH is 1. The number of benzene rings is 1. The number of pyridine rings is 1. The van der Waals surface area contributed by atoms with Crippen LogP contribution in [0.1, 0.15) is 92.7 Å². The predicted octanol–water partition coefficient (Wildman–Crippen LogP) is 7.05. The molecule has 0 atom stereocenters. The number of fused-ring (bicyclic) bond motifs is 1. The Morgan fingerprint density at radius 3 is 2.20 bits per heavy atom.